The van der Waals surface area contributed by atoms with E-state index in [4.69, 9.17) is 4.74 Å². The van der Waals surface area contributed by atoms with Crippen molar-refractivity contribution in [3.63, 3.8) is 0 Å². The summed E-state index contributed by atoms with van der Waals surface area (Å²) < 4.78 is 4.76. The molecule has 114 valence electrons. The first-order chi connectivity index (χ1) is 9.99. The molecule has 0 atom stereocenters. The minimum absolute atomic E-state index is 0.242. The van der Waals surface area contributed by atoms with Crippen molar-refractivity contribution >= 4 is 17.9 Å². The van der Waals surface area contributed by atoms with Crippen LogP contribution in [0.15, 0.2) is 24.5 Å². The Morgan fingerprint density at radius 3 is 2.71 bits per heavy atom. The fourth-order valence-electron chi connectivity index (χ4n) is 1.38. The van der Waals surface area contributed by atoms with Crippen LogP contribution in [0.25, 0.3) is 0 Å². The second-order valence-corrected chi connectivity index (χ2v) is 4.80. The van der Waals surface area contributed by atoms with E-state index in [1.54, 1.807) is 6.07 Å². The van der Waals surface area contributed by atoms with Crippen LogP contribution in [0.3, 0.4) is 0 Å². The van der Waals surface area contributed by atoms with Crippen molar-refractivity contribution in [1.29, 1.82) is 0 Å². The fraction of sp³-hybridized carbons (Fsp3) is 0.429. The van der Waals surface area contributed by atoms with Gasteiger partial charge < -0.3 is 10.1 Å². The molecule has 0 saturated carbocycles. The summed E-state index contributed by atoms with van der Waals surface area (Å²) >= 11 is 0. The van der Waals surface area contributed by atoms with Crippen molar-refractivity contribution in [2.75, 3.05) is 13.2 Å². The summed E-state index contributed by atoms with van der Waals surface area (Å²) in [6, 6.07) is 2.50. The molecule has 0 aliphatic carbocycles. The number of aromatic nitrogens is 1. The molecule has 0 fully saturated rings. The number of nitrogens with one attached hydrogen (secondary N) is 2. The predicted octanol–water partition coefficient (Wildman–Crippen LogP) is 1.11. The minimum Gasteiger partial charge on any atom is -0.452 e. The molecule has 0 saturated heterocycles. The second-order valence-electron chi connectivity index (χ2n) is 4.80. The SMILES string of the molecule is CC(C)CCNC(=O)NC(=O)COC(=O)c1cccnc1. The van der Waals surface area contributed by atoms with Gasteiger partial charge in [0.25, 0.3) is 5.91 Å². The van der Waals surface area contributed by atoms with E-state index in [-0.39, 0.29) is 5.56 Å². The van der Waals surface area contributed by atoms with E-state index in [0.29, 0.717) is 12.5 Å². The van der Waals surface area contributed by atoms with Crippen LogP contribution >= 0.6 is 0 Å². The Morgan fingerprint density at radius 1 is 1.33 bits per heavy atom. The van der Waals surface area contributed by atoms with Gasteiger partial charge in [-0.15, -0.1) is 0 Å². The molecule has 2 N–H and O–H groups in total. The first kappa shape index (κ1) is 16.6. The number of hydrogen-bond donors (Lipinski definition) is 2. The van der Waals surface area contributed by atoms with E-state index in [2.05, 4.69) is 15.6 Å². The van der Waals surface area contributed by atoms with Gasteiger partial charge in [0.1, 0.15) is 0 Å². The number of carbonyl (C=O) groups excluding carboxylic acids is 3. The molecule has 0 aromatic carbocycles. The fourth-order valence-corrected chi connectivity index (χ4v) is 1.38. The maximum atomic E-state index is 11.5. The summed E-state index contributed by atoms with van der Waals surface area (Å²) in [6.45, 7) is 4.02. The Bertz CT molecular complexity index is 488. The van der Waals surface area contributed by atoms with Gasteiger partial charge >= 0.3 is 12.0 Å². The number of hydrogen-bond acceptors (Lipinski definition) is 5. The van der Waals surface area contributed by atoms with E-state index in [1.165, 1.54) is 18.5 Å². The highest BCUT2D eigenvalue weighted by molar-refractivity contribution is 5.96. The van der Waals surface area contributed by atoms with Crippen LogP contribution in [-0.4, -0.2) is 36.0 Å². The first-order valence-electron chi connectivity index (χ1n) is 6.64. The number of ether oxygens (including phenoxy) is 1. The van der Waals surface area contributed by atoms with Gasteiger partial charge in [-0.2, -0.15) is 0 Å². The lowest BCUT2D eigenvalue weighted by Gasteiger charge is -2.08. The topological polar surface area (TPSA) is 97.4 Å². The largest absolute Gasteiger partial charge is 0.452 e. The molecule has 1 aromatic heterocycles. The van der Waals surface area contributed by atoms with Gasteiger partial charge in [-0.3, -0.25) is 15.1 Å². The standard InChI is InChI=1S/C14H19N3O4/c1-10(2)5-7-16-14(20)17-12(18)9-21-13(19)11-4-3-6-15-8-11/h3-4,6,8,10H,5,7,9H2,1-2H3,(H2,16,17,18,20). The average molecular weight is 293 g/mol. The van der Waals surface area contributed by atoms with Crippen LogP contribution < -0.4 is 10.6 Å². The second kappa shape index (κ2) is 8.68. The van der Waals surface area contributed by atoms with Gasteiger partial charge in [0, 0.05) is 18.9 Å². The molecule has 7 heteroatoms. The quantitative estimate of drug-likeness (QED) is 0.766. The lowest BCUT2D eigenvalue weighted by Crippen LogP contribution is -2.41. The number of rotatable bonds is 6. The molecule has 1 heterocycles. The van der Waals surface area contributed by atoms with Gasteiger partial charge in [0.15, 0.2) is 6.61 Å². The van der Waals surface area contributed by atoms with E-state index in [9.17, 15) is 14.4 Å². The molecule has 0 radical (unpaired) electrons. The van der Waals surface area contributed by atoms with Crippen LogP contribution in [-0.2, 0) is 9.53 Å². The highest BCUT2D eigenvalue weighted by atomic mass is 16.5. The molecule has 3 amide bonds. The number of carbonyl (C=O) groups is 3. The molecule has 0 spiro atoms. The summed E-state index contributed by atoms with van der Waals surface area (Å²) in [5, 5.41) is 4.62. The lowest BCUT2D eigenvalue weighted by molar-refractivity contribution is -0.123. The molecular formula is C14H19N3O4. The van der Waals surface area contributed by atoms with Crippen molar-refractivity contribution in [3.8, 4) is 0 Å². The predicted molar refractivity (Wildman–Crippen MR) is 75.5 cm³/mol. The van der Waals surface area contributed by atoms with E-state index < -0.39 is 24.5 Å². The number of pyridine rings is 1. The molecule has 0 bridgehead atoms. The first-order valence-corrected chi connectivity index (χ1v) is 6.64. The molecule has 7 nitrogen and oxygen atoms in total. The van der Waals surface area contributed by atoms with E-state index >= 15 is 0 Å². The molecular weight excluding hydrogens is 274 g/mol. The Hall–Kier alpha value is -2.44. The molecule has 21 heavy (non-hydrogen) atoms. The monoisotopic (exact) mass is 293 g/mol. The number of esters is 1. The zero-order valence-electron chi connectivity index (χ0n) is 12.1. The van der Waals surface area contributed by atoms with Gasteiger partial charge in [0.05, 0.1) is 5.56 Å². The van der Waals surface area contributed by atoms with E-state index in [1.807, 2.05) is 13.8 Å². The third-order valence-corrected chi connectivity index (χ3v) is 2.49. The number of nitrogens with zero attached hydrogens (tertiary/aromatic N) is 1. The summed E-state index contributed by atoms with van der Waals surface area (Å²) in [5.74, 6) is -0.894. The van der Waals surface area contributed by atoms with Gasteiger partial charge in [-0.1, -0.05) is 13.8 Å². The zero-order valence-corrected chi connectivity index (χ0v) is 12.1. The molecule has 1 rings (SSSR count). The maximum Gasteiger partial charge on any atom is 0.340 e. The Balaban J connectivity index is 2.25. The van der Waals surface area contributed by atoms with Crippen LogP contribution in [0.1, 0.15) is 30.6 Å². The average Bonchev–Trinajstić information content (AvgIpc) is 2.45. The number of urea groups is 1. The van der Waals surface area contributed by atoms with E-state index in [0.717, 1.165) is 6.42 Å². The Morgan fingerprint density at radius 2 is 2.10 bits per heavy atom. The highest BCUT2D eigenvalue weighted by Crippen LogP contribution is 1.98. The highest BCUT2D eigenvalue weighted by Gasteiger charge is 2.12. The Kier molecular flexibility index (Phi) is 6.86. The van der Waals surface area contributed by atoms with Crippen LogP contribution in [0.2, 0.25) is 0 Å². The summed E-state index contributed by atoms with van der Waals surface area (Å²) in [5.41, 5.74) is 0.242. The smallest absolute Gasteiger partial charge is 0.340 e. The zero-order chi connectivity index (χ0) is 15.7. The van der Waals surface area contributed by atoms with Crippen molar-refractivity contribution < 1.29 is 19.1 Å². The van der Waals surface area contributed by atoms with Crippen LogP contribution in [0, 0.1) is 5.92 Å². The Labute approximate surface area is 123 Å². The third-order valence-electron chi connectivity index (χ3n) is 2.49. The number of imide groups is 1. The maximum absolute atomic E-state index is 11.5. The number of amides is 3. The lowest BCUT2D eigenvalue weighted by atomic mass is 10.1. The van der Waals surface area contributed by atoms with Crippen molar-refractivity contribution in [2.45, 2.75) is 20.3 Å². The molecule has 0 aliphatic heterocycles. The third kappa shape index (κ3) is 7.05. The minimum atomic E-state index is -0.686. The van der Waals surface area contributed by atoms with Crippen LogP contribution in [0.4, 0.5) is 4.79 Å². The summed E-state index contributed by atoms with van der Waals surface area (Å²) in [6.07, 6.45) is 3.67. The molecule has 0 aliphatic rings. The van der Waals surface area contributed by atoms with Crippen molar-refractivity contribution in [1.82, 2.24) is 15.6 Å². The van der Waals surface area contributed by atoms with Gasteiger partial charge in [0.2, 0.25) is 0 Å². The van der Waals surface area contributed by atoms with Gasteiger partial charge in [-0.05, 0) is 24.5 Å². The summed E-state index contributed by atoms with van der Waals surface area (Å²) in [4.78, 5) is 38.1. The van der Waals surface area contributed by atoms with Gasteiger partial charge in [-0.25, -0.2) is 9.59 Å². The molecule has 0 unspecified atom stereocenters. The normalized spacial score (nSPS) is 10.0. The van der Waals surface area contributed by atoms with Crippen LogP contribution in [0.5, 0.6) is 0 Å². The summed E-state index contributed by atoms with van der Waals surface area (Å²) in [7, 11) is 0. The van der Waals surface area contributed by atoms with Crippen molar-refractivity contribution in [2.24, 2.45) is 5.92 Å². The van der Waals surface area contributed by atoms with Crippen molar-refractivity contribution in [3.05, 3.63) is 30.1 Å². The molecule has 1 aromatic rings.